The summed E-state index contributed by atoms with van der Waals surface area (Å²) in [5.41, 5.74) is 2.74. The average molecular weight is 489 g/mol. The lowest BCUT2D eigenvalue weighted by Gasteiger charge is -2.31. The quantitative estimate of drug-likeness (QED) is 0.527. The molecule has 0 aliphatic carbocycles. The zero-order chi connectivity index (χ0) is 22.3. The molecule has 0 N–H and O–H groups in total. The molecule has 2 aliphatic rings. The van der Waals surface area contributed by atoms with Gasteiger partial charge in [-0.15, -0.1) is 0 Å². The van der Waals surface area contributed by atoms with Crippen LogP contribution in [0, 0.1) is 0 Å². The highest BCUT2D eigenvalue weighted by Crippen LogP contribution is 2.35. The van der Waals surface area contributed by atoms with Gasteiger partial charge < -0.3 is 4.90 Å². The molecule has 1 saturated heterocycles. The number of hydrogen-bond donors (Lipinski definition) is 0. The van der Waals surface area contributed by atoms with Crippen LogP contribution in [0.2, 0.25) is 10.0 Å². The lowest BCUT2D eigenvalue weighted by molar-refractivity contribution is 0.387. The Balaban J connectivity index is 1.57. The molecule has 1 aromatic heterocycles. The summed E-state index contributed by atoms with van der Waals surface area (Å²) in [5.74, 6) is 1.52. The Morgan fingerprint density at radius 2 is 1.66 bits per heavy atom. The smallest absolute Gasteiger partial charge is 0.244 e. The first-order valence-corrected chi connectivity index (χ1v) is 12.8. The van der Waals surface area contributed by atoms with Gasteiger partial charge in [0.2, 0.25) is 10.0 Å². The minimum absolute atomic E-state index is 0.0275. The van der Waals surface area contributed by atoms with Gasteiger partial charge >= 0.3 is 0 Å². The van der Waals surface area contributed by atoms with Crippen molar-refractivity contribution in [1.29, 1.82) is 0 Å². The predicted molar refractivity (Wildman–Crippen MR) is 127 cm³/mol. The van der Waals surface area contributed by atoms with E-state index in [1.807, 2.05) is 30.3 Å². The van der Waals surface area contributed by atoms with E-state index in [2.05, 4.69) is 4.90 Å². The summed E-state index contributed by atoms with van der Waals surface area (Å²) < 4.78 is 28.3. The molecule has 3 aromatic rings. The molecular formula is C23H22Cl2N4O2S. The first-order chi connectivity index (χ1) is 15.4. The molecule has 166 valence electrons. The fourth-order valence-electron chi connectivity index (χ4n) is 4.30. The van der Waals surface area contributed by atoms with Crippen LogP contribution in [-0.4, -0.2) is 42.3 Å². The zero-order valence-electron chi connectivity index (χ0n) is 17.3. The summed E-state index contributed by atoms with van der Waals surface area (Å²) in [7, 11) is -3.82. The van der Waals surface area contributed by atoms with Gasteiger partial charge in [0.25, 0.3) is 0 Å². The van der Waals surface area contributed by atoms with Gasteiger partial charge in [-0.3, -0.25) is 0 Å². The highest BCUT2D eigenvalue weighted by molar-refractivity contribution is 7.89. The van der Waals surface area contributed by atoms with Crippen LogP contribution < -0.4 is 4.90 Å². The maximum Gasteiger partial charge on any atom is 0.244 e. The van der Waals surface area contributed by atoms with E-state index in [1.54, 1.807) is 6.07 Å². The van der Waals surface area contributed by atoms with Crippen LogP contribution in [0.4, 0.5) is 5.82 Å². The van der Waals surface area contributed by atoms with Crippen molar-refractivity contribution in [2.45, 2.75) is 30.7 Å². The highest BCUT2D eigenvalue weighted by Gasteiger charge is 2.34. The van der Waals surface area contributed by atoms with Gasteiger partial charge in [-0.2, -0.15) is 4.31 Å². The predicted octanol–water partition coefficient (Wildman–Crippen LogP) is 4.80. The van der Waals surface area contributed by atoms with Crippen LogP contribution in [0.25, 0.3) is 11.4 Å². The molecule has 0 bridgehead atoms. The maximum atomic E-state index is 13.4. The Kier molecular flexibility index (Phi) is 5.84. The van der Waals surface area contributed by atoms with Crippen LogP contribution in [0.15, 0.2) is 53.4 Å². The maximum absolute atomic E-state index is 13.4. The van der Waals surface area contributed by atoms with Gasteiger partial charge in [-0.1, -0.05) is 53.5 Å². The molecule has 32 heavy (non-hydrogen) atoms. The Bertz CT molecular complexity index is 1260. The number of hydrogen-bond acceptors (Lipinski definition) is 5. The van der Waals surface area contributed by atoms with Crippen molar-refractivity contribution >= 4 is 39.0 Å². The Morgan fingerprint density at radius 3 is 2.41 bits per heavy atom. The largest absolute Gasteiger partial charge is 0.356 e. The highest BCUT2D eigenvalue weighted by atomic mass is 35.5. The third-order valence-corrected chi connectivity index (χ3v) is 8.51. The third kappa shape index (κ3) is 3.99. The van der Waals surface area contributed by atoms with Crippen LogP contribution in [0.5, 0.6) is 0 Å². The van der Waals surface area contributed by atoms with Crippen LogP contribution in [-0.2, 0) is 23.0 Å². The molecular weight excluding hydrogens is 467 g/mol. The second-order valence-corrected chi connectivity index (χ2v) is 10.8. The number of aromatic nitrogens is 2. The fourth-order valence-corrected chi connectivity index (χ4v) is 6.44. The molecule has 1 fully saturated rings. The number of halogens is 2. The molecule has 5 rings (SSSR count). The number of nitrogens with zero attached hydrogens (tertiary/aromatic N) is 4. The number of fused-ring (bicyclic) bond motifs is 1. The van der Waals surface area contributed by atoms with Gasteiger partial charge in [0.1, 0.15) is 10.7 Å². The fraction of sp³-hybridized carbons (Fsp3) is 0.304. The van der Waals surface area contributed by atoms with Gasteiger partial charge in [0.05, 0.1) is 10.7 Å². The Labute approximate surface area is 197 Å². The molecule has 9 heteroatoms. The number of rotatable bonds is 4. The lowest BCUT2D eigenvalue weighted by Crippen LogP contribution is -2.38. The molecule has 2 aliphatic heterocycles. The summed E-state index contributed by atoms with van der Waals surface area (Å²) >= 11 is 12.3. The molecule has 3 heterocycles. The van der Waals surface area contributed by atoms with Crippen molar-refractivity contribution in [3.63, 3.8) is 0 Å². The van der Waals surface area contributed by atoms with Crippen LogP contribution in [0.1, 0.15) is 24.1 Å². The summed E-state index contributed by atoms with van der Waals surface area (Å²) in [6.45, 7) is 2.35. The number of sulfonamides is 1. The monoisotopic (exact) mass is 488 g/mol. The van der Waals surface area contributed by atoms with Gasteiger partial charge in [-0.05, 0) is 31.0 Å². The molecule has 0 radical (unpaired) electrons. The second kappa shape index (κ2) is 8.63. The van der Waals surface area contributed by atoms with Gasteiger partial charge in [-0.25, -0.2) is 18.4 Å². The second-order valence-electron chi connectivity index (χ2n) is 8.02. The summed E-state index contributed by atoms with van der Waals surface area (Å²) in [4.78, 5) is 12.0. The van der Waals surface area contributed by atoms with Gasteiger partial charge in [0.15, 0.2) is 5.82 Å². The molecule has 0 atom stereocenters. The van der Waals surface area contributed by atoms with Crippen molar-refractivity contribution in [3.8, 4) is 11.4 Å². The third-order valence-electron chi connectivity index (χ3n) is 5.95. The number of benzene rings is 2. The summed E-state index contributed by atoms with van der Waals surface area (Å²) in [6.07, 6.45) is 2.70. The first-order valence-electron chi connectivity index (χ1n) is 10.6. The van der Waals surface area contributed by atoms with Crippen LogP contribution >= 0.6 is 23.2 Å². The van der Waals surface area contributed by atoms with E-state index in [4.69, 9.17) is 33.2 Å². The van der Waals surface area contributed by atoms with Crippen molar-refractivity contribution in [3.05, 3.63) is 69.8 Å². The van der Waals surface area contributed by atoms with E-state index in [0.29, 0.717) is 23.8 Å². The van der Waals surface area contributed by atoms with E-state index >= 15 is 0 Å². The van der Waals surface area contributed by atoms with Crippen LogP contribution in [0.3, 0.4) is 0 Å². The minimum Gasteiger partial charge on any atom is -0.356 e. The topological polar surface area (TPSA) is 66.4 Å². The van der Waals surface area contributed by atoms with Crippen molar-refractivity contribution in [1.82, 2.24) is 14.3 Å². The lowest BCUT2D eigenvalue weighted by atomic mass is 10.1. The first kappa shape index (κ1) is 21.6. The minimum atomic E-state index is -3.82. The van der Waals surface area contributed by atoms with Crippen molar-refractivity contribution < 1.29 is 8.42 Å². The van der Waals surface area contributed by atoms with Crippen molar-refractivity contribution in [2.24, 2.45) is 0 Å². The molecule has 0 amide bonds. The van der Waals surface area contributed by atoms with Crippen molar-refractivity contribution in [2.75, 3.05) is 24.5 Å². The molecule has 2 aromatic carbocycles. The summed E-state index contributed by atoms with van der Waals surface area (Å²) in [5, 5.41) is 0.495. The molecule has 0 saturated carbocycles. The zero-order valence-corrected chi connectivity index (χ0v) is 19.7. The average Bonchev–Trinajstić information content (AvgIpc) is 3.35. The van der Waals surface area contributed by atoms with E-state index < -0.39 is 10.0 Å². The SMILES string of the molecule is O=S(=O)(c1cc(Cl)ccc1Cl)N1CCc2nc(-c3ccccc3)nc(N3CCCC3)c2C1. The summed E-state index contributed by atoms with van der Waals surface area (Å²) in [6, 6.07) is 14.4. The Hall–Kier alpha value is -2.19. The molecule has 0 spiro atoms. The van der Waals surface area contributed by atoms with E-state index in [9.17, 15) is 8.42 Å². The molecule has 0 unspecified atom stereocenters. The van der Waals surface area contributed by atoms with E-state index in [1.165, 1.54) is 16.4 Å². The van der Waals surface area contributed by atoms with Gasteiger partial charge in [0, 0.05) is 48.7 Å². The Morgan fingerprint density at radius 1 is 0.906 bits per heavy atom. The van der Waals surface area contributed by atoms with E-state index in [0.717, 1.165) is 48.6 Å². The normalized spacial score (nSPS) is 16.9. The number of anilines is 1. The van der Waals surface area contributed by atoms with E-state index in [-0.39, 0.29) is 16.5 Å². The molecule has 6 nitrogen and oxygen atoms in total. The standard InChI is InChI=1S/C23H22Cl2N4O2S/c24-17-8-9-19(25)21(14-17)32(30,31)29-13-10-20-18(15-29)23(28-11-4-5-12-28)27-22(26-20)16-6-2-1-3-7-16/h1-3,6-9,14H,4-5,10-13,15H2.